The molecule has 0 bridgehead atoms. The van der Waals surface area contributed by atoms with Gasteiger partial charge in [0.2, 0.25) is 23.1 Å². The van der Waals surface area contributed by atoms with Gasteiger partial charge in [0.1, 0.15) is 33.6 Å². The van der Waals surface area contributed by atoms with Gasteiger partial charge < -0.3 is 9.47 Å². The van der Waals surface area contributed by atoms with Crippen LogP contribution in [0.25, 0.3) is 53.1 Å². The molecule has 10 nitrogen and oxygen atoms in total. The van der Waals surface area contributed by atoms with Crippen molar-refractivity contribution in [1.29, 1.82) is 0 Å². The average molecular weight is 829 g/mol. The molecule has 0 saturated heterocycles. The van der Waals surface area contributed by atoms with Gasteiger partial charge in [-0.15, -0.1) is 34.0 Å². The summed E-state index contributed by atoms with van der Waals surface area (Å²) in [6.45, 7) is -0.0859. The van der Waals surface area contributed by atoms with Crippen LogP contribution >= 0.6 is 34.0 Å². The molecule has 3 heterocycles. The number of thiophene rings is 1. The standard InChI is InChI=1S/C46H24N2O8S3/c49-37-27-17-9-7-15-25(27)29(39(37)51)19-31-47-36-35(46(54)56-22-24-13-5-2-6-14-24)41-33(34(42(36)57-31)45(53)55-21-23-11-3-1-4-12-23)43-44(59-41)48-32(58-43)20-30-26-16-8-10-18-28(26)38(50)40(30)52/h1-20H,21-22H2/b29-19-,30-20-. The first-order valence-electron chi connectivity index (χ1n) is 18.2. The summed E-state index contributed by atoms with van der Waals surface area (Å²) in [4.78, 5) is 91.1. The lowest BCUT2D eigenvalue weighted by Crippen LogP contribution is -2.10. The van der Waals surface area contributed by atoms with Crippen molar-refractivity contribution in [2.24, 2.45) is 0 Å². The number of allylic oxidation sites excluding steroid dienone is 2. The van der Waals surface area contributed by atoms with Crippen molar-refractivity contribution in [3.63, 3.8) is 0 Å². The van der Waals surface area contributed by atoms with Crippen LogP contribution in [-0.4, -0.2) is 45.0 Å². The number of benzene rings is 5. The van der Waals surface area contributed by atoms with E-state index in [0.717, 1.165) is 33.8 Å². The Bertz CT molecular complexity index is 3230. The van der Waals surface area contributed by atoms with Gasteiger partial charge in [0, 0.05) is 27.7 Å². The summed E-state index contributed by atoms with van der Waals surface area (Å²) < 4.78 is 13.1. The lowest BCUT2D eigenvalue weighted by Gasteiger charge is -2.11. The van der Waals surface area contributed by atoms with Crippen LogP contribution in [0.3, 0.4) is 0 Å². The Hall–Kier alpha value is -7.06. The molecule has 2 aliphatic rings. The molecule has 0 atom stereocenters. The Kier molecular flexibility index (Phi) is 8.86. The molecule has 0 saturated carbocycles. The Morgan fingerprint density at radius 1 is 0.492 bits per heavy atom. The Labute approximate surface area is 345 Å². The topological polar surface area (TPSA) is 147 Å². The molecule has 2 aliphatic carbocycles. The first-order chi connectivity index (χ1) is 28.7. The molecule has 59 heavy (non-hydrogen) atoms. The van der Waals surface area contributed by atoms with E-state index in [2.05, 4.69) is 0 Å². The van der Waals surface area contributed by atoms with Gasteiger partial charge in [-0.2, -0.15) is 0 Å². The Morgan fingerprint density at radius 3 is 1.49 bits per heavy atom. The number of nitrogens with zero attached hydrogens (tertiary/aromatic N) is 2. The predicted octanol–water partition coefficient (Wildman–Crippen LogP) is 9.45. The molecule has 3 aromatic heterocycles. The summed E-state index contributed by atoms with van der Waals surface area (Å²) >= 11 is 3.43. The smallest absolute Gasteiger partial charge is 0.342 e. The maximum absolute atomic E-state index is 14.5. The third kappa shape index (κ3) is 6.14. The highest BCUT2D eigenvalue weighted by Crippen LogP contribution is 2.47. The molecular weight excluding hydrogens is 805 g/mol. The molecule has 5 aromatic carbocycles. The second-order valence-corrected chi connectivity index (χ2v) is 16.7. The summed E-state index contributed by atoms with van der Waals surface area (Å²) in [5.74, 6) is -3.93. The molecular formula is C46H24N2O8S3. The van der Waals surface area contributed by atoms with E-state index in [9.17, 15) is 28.8 Å². The van der Waals surface area contributed by atoms with Crippen molar-refractivity contribution in [1.82, 2.24) is 9.97 Å². The van der Waals surface area contributed by atoms with Crippen molar-refractivity contribution in [3.8, 4) is 0 Å². The number of thiazole rings is 2. The number of carbonyl (C=O) groups excluding carboxylic acids is 6. The van der Waals surface area contributed by atoms with Crippen LogP contribution in [0.1, 0.15) is 73.7 Å². The second kappa shape index (κ2) is 14.4. The summed E-state index contributed by atoms with van der Waals surface area (Å²) in [7, 11) is 0. The molecule has 284 valence electrons. The third-order valence-electron chi connectivity index (χ3n) is 10.0. The van der Waals surface area contributed by atoms with Gasteiger partial charge in [0.05, 0.1) is 25.2 Å². The number of hydrogen-bond donors (Lipinski definition) is 0. The maximum Gasteiger partial charge on any atom is 0.342 e. The fraction of sp³-hybridized carbons (Fsp3) is 0.0435. The highest BCUT2D eigenvalue weighted by molar-refractivity contribution is 7.33. The maximum atomic E-state index is 14.5. The lowest BCUT2D eigenvalue weighted by molar-refractivity contribution is -0.110. The first kappa shape index (κ1) is 36.3. The minimum absolute atomic E-state index is 0.0398. The van der Waals surface area contributed by atoms with Crippen LogP contribution < -0.4 is 0 Å². The van der Waals surface area contributed by atoms with Gasteiger partial charge in [-0.25, -0.2) is 19.6 Å². The minimum Gasteiger partial charge on any atom is -0.457 e. The zero-order valence-electron chi connectivity index (χ0n) is 30.3. The van der Waals surface area contributed by atoms with Crippen LogP contribution in [0, 0.1) is 0 Å². The Balaban J connectivity index is 1.19. The normalized spacial score (nSPS) is 14.9. The largest absolute Gasteiger partial charge is 0.457 e. The molecule has 0 N–H and O–H groups in total. The summed E-state index contributed by atoms with van der Waals surface area (Å²) in [6.07, 6.45) is 3.08. The van der Waals surface area contributed by atoms with E-state index in [1.807, 2.05) is 60.7 Å². The summed E-state index contributed by atoms with van der Waals surface area (Å²) in [5, 5.41) is 1.07. The molecule has 0 aliphatic heterocycles. The second-order valence-electron chi connectivity index (χ2n) is 13.6. The molecule has 0 unspecified atom stereocenters. The number of hydrogen-bond acceptors (Lipinski definition) is 13. The van der Waals surface area contributed by atoms with E-state index in [0.29, 0.717) is 46.0 Å². The van der Waals surface area contributed by atoms with Crippen LogP contribution in [0.5, 0.6) is 0 Å². The molecule has 8 aromatic rings. The fourth-order valence-corrected chi connectivity index (χ4v) is 10.8. The number of Topliss-reactive ketones (excluding diaryl/α,β-unsaturated/α-hetero) is 4. The minimum atomic E-state index is -0.696. The van der Waals surface area contributed by atoms with Crippen molar-refractivity contribution < 1.29 is 38.2 Å². The number of ether oxygens (including phenoxy) is 2. The van der Waals surface area contributed by atoms with E-state index in [1.54, 1.807) is 54.6 Å². The van der Waals surface area contributed by atoms with Crippen LogP contribution in [0.4, 0.5) is 0 Å². The van der Waals surface area contributed by atoms with Crippen molar-refractivity contribution in [2.75, 3.05) is 0 Å². The highest BCUT2D eigenvalue weighted by Gasteiger charge is 2.36. The van der Waals surface area contributed by atoms with Gasteiger partial charge in [-0.3, -0.25) is 19.2 Å². The first-order valence-corrected chi connectivity index (χ1v) is 20.6. The molecule has 10 rings (SSSR count). The summed E-state index contributed by atoms with van der Waals surface area (Å²) in [5.41, 5.74) is 3.85. The van der Waals surface area contributed by atoms with E-state index < -0.39 is 35.1 Å². The van der Waals surface area contributed by atoms with E-state index >= 15 is 0 Å². The van der Waals surface area contributed by atoms with Gasteiger partial charge in [0.15, 0.2) is 0 Å². The number of carbonyl (C=O) groups is 6. The summed E-state index contributed by atoms with van der Waals surface area (Å²) in [6, 6.07) is 31.9. The number of fused-ring (bicyclic) bond motifs is 6. The van der Waals surface area contributed by atoms with E-state index in [1.165, 1.54) is 17.4 Å². The fourth-order valence-electron chi connectivity index (χ4n) is 7.30. The zero-order chi connectivity index (χ0) is 40.4. The third-order valence-corrected chi connectivity index (χ3v) is 13.3. The highest BCUT2D eigenvalue weighted by atomic mass is 32.1. The molecule has 13 heteroatoms. The molecule has 0 amide bonds. The predicted molar refractivity (Wildman–Crippen MR) is 227 cm³/mol. The SMILES string of the molecule is O=C1C(=O)c2ccccc2/C1=C/c1nc2c(C(=O)OCc3ccccc3)c3sc4nc(/C=C5\C(=O)C(=O)c6ccccc65)sc4c3c(C(=O)OCc3ccccc3)c2s1. The average Bonchev–Trinajstić information content (AvgIpc) is 4.05. The van der Waals surface area contributed by atoms with Crippen LogP contribution in [0.2, 0.25) is 0 Å². The van der Waals surface area contributed by atoms with Crippen LogP contribution in [0.15, 0.2) is 109 Å². The van der Waals surface area contributed by atoms with Gasteiger partial charge in [-0.1, -0.05) is 109 Å². The number of ketones is 4. The van der Waals surface area contributed by atoms with E-state index in [4.69, 9.17) is 19.4 Å². The number of rotatable bonds is 8. The number of esters is 2. The lowest BCUT2D eigenvalue weighted by atomic mass is 10.0. The van der Waals surface area contributed by atoms with Crippen molar-refractivity contribution in [3.05, 3.63) is 164 Å². The van der Waals surface area contributed by atoms with Crippen molar-refractivity contribution >= 4 is 122 Å². The zero-order valence-corrected chi connectivity index (χ0v) is 32.8. The molecule has 0 fully saturated rings. The van der Waals surface area contributed by atoms with Crippen LogP contribution in [-0.2, 0) is 32.3 Å². The van der Waals surface area contributed by atoms with Gasteiger partial charge in [-0.05, 0) is 34.4 Å². The molecule has 0 spiro atoms. The van der Waals surface area contributed by atoms with Crippen molar-refractivity contribution in [2.45, 2.75) is 13.2 Å². The quantitative estimate of drug-likeness (QED) is 0.0825. The Morgan fingerprint density at radius 2 is 0.949 bits per heavy atom. The molecule has 0 radical (unpaired) electrons. The number of aromatic nitrogens is 2. The monoisotopic (exact) mass is 828 g/mol. The van der Waals surface area contributed by atoms with E-state index in [-0.39, 0.29) is 51.6 Å². The van der Waals surface area contributed by atoms with Gasteiger partial charge >= 0.3 is 11.9 Å². The van der Waals surface area contributed by atoms with Gasteiger partial charge in [0.25, 0.3) is 0 Å².